The zero-order valence-electron chi connectivity index (χ0n) is 17.4. The van der Waals surface area contributed by atoms with Crippen molar-refractivity contribution in [3.05, 3.63) is 82.2 Å². The van der Waals surface area contributed by atoms with E-state index in [4.69, 9.17) is 27.1 Å². The SMILES string of the molecule is CCOC(=O)c1c(-c2cc3ccccc3oc2=O)nn(C(=S)NC(=O)c2ccccc2)c1N. The number of hydrogen-bond donors (Lipinski definition) is 2. The topological polar surface area (TPSA) is 129 Å². The fourth-order valence-corrected chi connectivity index (χ4v) is 3.45. The molecule has 0 spiro atoms. The summed E-state index contributed by atoms with van der Waals surface area (Å²) >= 11 is 5.30. The Morgan fingerprint density at radius 3 is 2.58 bits per heavy atom. The average Bonchev–Trinajstić information content (AvgIpc) is 3.16. The number of esters is 1. The number of carbonyl (C=O) groups excluding carboxylic acids is 2. The number of rotatable bonds is 4. The minimum absolute atomic E-state index is 0.000566. The zero-order chi connectivity index (χ0) is 23.5. The molecule has 4 rings (SSSR count). The maximum absolute atomic E-state index is 12.7. The van der Waals surface area contributed by atoms with Crippen LogP contribution in [0.4, 0.5) is 5.82 Å². The molecule has 10 heteroatoms. The Kier molecular flexibility index (Phi) is 6.01. The number of ether oxygens (including phenoxy) is 1. The molecule has 0 bridgehead atoms. The standard InChI is InChI=1S/C23H18N4O5S/c1-2-31-22(30)17-18(15-12-14-10-6-7-11-16(14)32-21(15)29)26-27(19(17)24)23(33)25-20(28)13-8-4-3-5-9-13/h3-12H,2,24H2,1H3,(H,25,28,33). The number of fused-ring (bicyclic) bond motifs is 1. The fraction of sp³-hybridized carbons (Fsp3) is 0.0870. The van der Waals surface area contributed by atoms with E-state index in [1.165, 1.54) is 0 Å². The number of aromatic nitrogens is 2. The summed E-state index contributed by atoms with van der Waals surface area (Å²) in [6.07, 6.45) is 0. The van der Waals surface area contributed by atoms with Crippen molar-refractivity contribution in [3.8, 4) is 11.3 Å². The highest BCUT2D eigenvalue weighted by atomic mass is 32.1. The second kappa shape index (κ2) is 9.05. The van der Waals surface area contributed by atoms with Crippen molar-refractivity contribution in [1.82, 2.24) is 15.1 Å². The Hall–Kier alpha value is -4.31. The Bertz CT molecular complexity index is 1440. The average molecular weight is 462 g/mol. The number of nitrogens with two attached hydrogens (primary N) is 1. The van der Waals surface area contributed by atoms with Gasteiger partial charge < -0.3 is 14.9 Å². The Morgan fingerprint density at radius 1 is 1.15 bits per heavy atom. The lowest BCUT2D eigenvalue weighted by Gasteiger charge is -2.08. The predicted octanol–water partition coefficient (Wildman–Crippen LogP) is 2.98. The molecule has 166 valence electrons. The summed E-state index contributed by atoms with van der Waals surface area (Å²) in [7, 11) is 0. The first-order valence-corrected chi connectivity index (χ1v) is 10.3. The molecule has 2 heterocycles. The Morgan fingerprint density at radius 2 is 1.85 bits per heavy atom. The molecule has 3 N–H and O–H groups in total. The molecule has 9 nitrogen and oxygen atoms in total. The third-order valence-corrected chi connectivity index (χ3v) is 5.02. The molecule has 0 saturated carbocycles. The molecule has 0 saturated heterocycles. The van der Waals surface area contributed by atoms with E-state index in [2.05, 4.69) is 10.4 Å². The number of carbonyl (C=O) groups is 2. The lowest BCUT2D eigenvalue weighted by Crippen LogP contribution is -2.35. The molecule has 33 heavy (non-hydrogen) atoms. The van der Waals surface area contributed by atoms with Gasteiger partial charge in [-0.1, -0.05) is 36.4 Å². The minimum Gasteiger partial charge on any atom is -0.462 e. The highest BCUT2D eigenvalue weighted by molar-refractivity contribution is 7.80. The predicted molar refractivity (Wildman–Crippen MR) is 126 cm³/mol. The van der Waals surface area contributed by atoms with Crippen LogP contribution in [-0.2, 0) is 4.74 Å². The van der Waals surface area contributed by atoms with Crippen LogP contribution >= 0.6 is 12.2 Å². The largest absolute Gasteiger partial charge is 0.462 e. The fourth-order valence-electron chi connectivity index (χ4n) is 3.22. The van der Waals surface area contributed by atoms with Crippen LogP contribution in [0.5, 0.6) is 0 Å². The van der Waals surface area contributed by atoms with Crippen LogP contribution in [-0.4, -0.2) is 33.4 Å². The number of hydrogen-bond acceptors (Lipinski definition) is 8. The molecular formula is C23H18N4O5S. The smallest absolute Gasteiger partial charge is 0.345 e. The van der Waals surface area contributed by atoms with Crippen molar-refractivity contribution in [3.63, 3.8) is 0 Å². The molecule has 2 aromatic carbocycles. The van der Waals surface area contributed by atoms with Crippen LogP contribution in [0.3, 0.4) is 0 Å². The first-order chi connectivity index (χ1) is 15.9. The first kappa shape index (κ1) is 21.9. The molecule has 0 unspecified atom stereocenters. The van der Waals surface area contributed by atoms with Crippen molar-refractivity contribution in [2.45, 2.75) is 6.92 Å². The summed E-state index contributed by atoms with van der Waals surface area (Å²) in [6, 6.07) is 16.8. The van der Waals surface area contributed by atoms with E-state index >= 15 is 0 Å². The highest BCUT2D eigenvalue weighted by Crippen LogP contribution is 2.28. The van der Waals surface area contributed by atoms with E-state index in [9.17, 15) is 14.4 Å². The van der Waals surface area contributed by atoms with Crippen LogP contribution in [0.1, 0.15) is 27.6 Å². The summed E-state index contributed by atoms with van der Waals surface area (Å²) < 4.78 is 11.5. The molecule has 0 aliphatic heterocycles. The van der Waals surface area contributed by atoms with E-state index in [1.54, 1.807) is 67.6 Å². The van der Waals surface area contributed by atoms with Crippen molar-refractivity contribution < 1.29 is 18.7 Å². The van der Waals surface area contributed by atoms with Crippen LogP contribution in [0.25, 0.3) is 22.2 Å². The van der Waals surface area contributed by atoms with Gasteiger partial charge in [-0.3, -0.25) is 10.1 Å². The first-order valence-electron chi connectivity index (χ1n) is 9.90. The van der Waals surface area contributed by atoms with E-state index in [-0.39, 0.29) is 34.4 Å². The number of anilines is 1. The number of para-hydroxylation sites is 1. The van der Waals surface area contributed by atoms with Crippen molar-refractivity contribution in [2.24, 2.45) is 0 Å². The third kappa shape index (κ3) is 4.23. The summed E-state index contributed by atoms with van der Waals surface area (Å²) in [5.74, 6) is -1.46. The summed E-state index contributed by atoms with van der Waals surface area (Å²) in [5.41, 5.74) is 5.98. The number of amides is 1. The van der Waals surface area contributed by atoms with Gasteiger partial charge in [0.05, 0.1) is 12.2 Å². The summed E-state index contributed by atoms with van der Waals surface area (Å²) in [6.45, 7) is 1.71. The number of thiocarbonyl (C=S) groups is 1. The van der Waals surface area contributed by atoms with Crippen LogP contribution < -0.4 is 16.7 Å². The lowest BCUT2D eigenvalue weighted by atomic mass is 10.1. The van der Waals surface area contributed by atoms with E-state index in [0.29, 0.717) is 16.5 Å². The molecule has 4 aromatic rings. The Balaban J connectivity index is 1.81. The second-order valence-electron chi connectivity index (χ2n) is 6.85. The zero-order valence-corrected chi connectivity index (χ0v) is 18.2. The molecule has 0 atom stereocenters. The van der Waals surface area contributed by atoms with Gasteiger partial charge in [-0.2, -0.15) is 9.78 Å². The monoisotopic (exact) mass is 462 g/mol. The van der Waals surface area contributed by atoms with Crippen LogP contribution in [0.15, 0.2) is 69.9 Å². The quantitative estimate of drug-likeness (QED) is 0.269. The van der Waals surface area contributed by atoms with Gasteiger partial charge in [0.1, 0.15) is 22.7 Å². The molecule has 2 aromatic heterocycles. The minimum atomic E-state index is -0.791. The Labute approximate surface area is 192 Å². The van der Waals surface area contributed by atoms with E-state index in [0.717, 1.165) is 4.68 Å². The van der Waals surface area contributed by atoms with Crippen molar-refractivity contribution in [2.75, 3.05) is 12.3 Å². The summed E-state index contributed by atoms with van der Waals surface area (Å²) in [4.78, 5) is 37.9. The van der Waals surface area contributed by atoms with Gasteiger partial charge in [-0.15, -0.1) is 0 Å². The van der Waals surface area contributed by atoms with E-state index < -0.39 is 17.5 Å². The van der Waals surface area contributed by atoms with Crippen LogP contribution in [0, 0.1) is 0 Å². The molecule has 0 radical (unpaired) electrons. The molecule has 0 aliphatic carbocycles. The van der Waals surface area contributed by atoms with Gasteiger partial charge in [-0.05, 0) is 43.4 Å². The van der Waals surface area contributed by atoms with Gasteiger partial charge in [0.25, 0.3) is 5.91 Å². The maximum atomic E-state index is 12.7. The van der Waals surface area contributed by atoms with Crippen molar-refractivity contribution in [1.29, 1.82) is 0 Å². The second-order valence-corrected chi connectivity index (χ2v) is 7.24. The van der Waals surface area contributed by atoms with Gasteiger partial charge in [0.15, 0.2) is 0 Å². The third-order valence-electron chi connectivity index (χ3n) is 4.75. The number of nitrogens with zero attached hydrogens (tertiary/aromatic N) is 2. The maximum Gasteiger partial charge on any atom is 0.345 e. The van der Waals surface area contributed by atoms with Crippen molar-refractivity contribution >= 4 is 46.0 Å². The van der Waals surface area contributed by atoms with E-state index in [1.807, 2.05) is 0 Å². The number of nitrogen functional groups attached to an aromatic ring is 1. The molecule has 0 aliphatic rings. The molecule has 0 fully saturated rings. The lowest BCUT2D eigenvalue weighted by molar-refractivity contribution is 0.0528. The van der Waals surface area contributed by atoms with Gasteiger partial charge in [0.2, 0.25) is 5.11 Å². The normalized spacial score (nSPS) is 10.7. The highest BCUT2D eigenvalue weighted by Gasteiger charge is 2.28. The number of nitrogens with one attached hydrogen (secondary N) is 1. The number of benzene rings is 2. The van der Waals surface area contributed by atoms with Gasteiger partial charge in [-0.25, -0.2) is 9.59 Å². The van der Waals surface area contributed by atoms with Gasteiger partial charge in [0, 0.05) is 10.9 Å². The molecular weight excluding hydrogens is 444 g/mol. The van der Waals surface area contributed by atoms with Gasteiger partial charge >= 0.3 is 11.6 Å². The molecule has 1 amide bonds. The summed E-state index contributed by atoms with van der Waals surface area (Å²) in [5, 5.41) is 7.24. The van der Waals surface area contributed by atoms with Crippen LogP contribution in [0.2, 0.25) is 0 Å².